The van der Waals surface area contributed by atoms with E-state index in [-0.39, 0.29) is 13.0 Å². The van der Waals surface area contributed by atoms with Crippen LogP contribution in [-0.2, 0) is 4.79 Å². The lowest BCUT2D eigenvalue weighted by atomic mass is 9.84. The molecule has 1 aliphatic rings. The summed E-state index contributed by atoms with van der Waals surface area (Å²) in [6, 6.07) is 0. The highest BCUT2D eigenvalue weighted by atomic mass is 19.3. The monoisotopic (exact) mass is 193 g/mol. The molecule has 1 fully saturated rings. The zero-order chi connectivity index (χ0) is 10.1. The van der Waals surface area contributed by atoms with Gasteiger partial charge in [0, 0.05) is 6.54 Å². The molecule has 1 atom stereocenters. The van der Waals surface area contributed by atoms with Gasteiger partial charge in [0.05, 0.1) is 11.8 Å². The van der Waals surface area contributed by atoms with E-state index >= 15 is 0 Å². The third-order valence-electron chi connectivity index (χ3n) is 2.54. The second-order valence-corrected chi connectivity index (χ2v) is 3.72. The Labute approximate surface area is 75.3 Å². The van der Waals surface area contributed by atoms with Crippen molar-refractivity contribution in [1.29, 1.82) is 0 Å². The van der Waals surface area contributed by atoms with Crippen molar-refractivity contribution < 1.29 is 18.7 Å². The quantitative estimate of drug-likeness (QED) is 0.728. The highest BCUT2D eigenvalue weighted by Gasteiger charge is 2.46. The van der Waals surface area contributed by atoms with Crippen LogP contribution in [0.25, 0.3) is 0 Å². The first-order valence-corrected chi connectivity index (χ1v) is 4.15. The lowest BCUT2D eigenvalue weighted by molar-refractivity contribution is -0.143. The number of rotatable bonds is 3. The second kappa shape index (κ2) is 3.57. The maximum Gasteiger partial charge on any atom is 0.304 e. The van der Waals surface area contributed by atoms with Crippen LogP contribution in [-0.4, -0.2) is 42.5 Å². The summed E-state index contributed by atoms with van der Waals surface area (Å²) in [5.74, 6) is -1.14. The largest absolute Gasteiger partial charge is 0.481 e. The van der Waals surface area contributed by atoms with Crippen molar-refractivity contribution in [1.82, 2.24) is 4.90 Å². The number of nitrogens with zero attached hydrogens (tertiary/aromatic N) is 1. The van der Waals surface area contributed by atoms with Crippen LogP contribution in [0, 0.1) is 5.41 Å². The van der Waals surface area contributed by atoms with Crippen molar-refractivity contribution in [3.05, 3.63) is 0 Å². The molecule has 13 heavy (non-hydrogen) atoms. The van der Waals surface area contributed by atoms with Crippen molar-refractivity contribution in [3.63, 3.8) is 0 Å². The van der Waals surface area contributed by atoms with E-state index in [1.54, 1.807) is 11.9 Å². The number of hydrogen-bond donors (Lipinski definition) is 1. The first-order valence-electron chi connectivity index (χ1n) is 4.15. The molecule has 0 spiro atoms. The van der Waals surface area contributed by atoms with E-state index in [2.05, 4.69) is 0 Å². The average Bonchev–Trinajstić information content (AvgIpc) is 2.31. The molecule has 0 aromatic carbocycles. The minimum Gasteiger partial charge on any atom is -0.481 e. The lowest BCUT2D eigenvalue weighted by Gasteiger charge is -2.25. The maximum atomic E-state index is 12.6. The molecule has 76 valence electrons. The van der Waals surface area contributed by atoms with Gasteiger partial charge >= 0.3 is 5.97 Å². The molecule has 0 radical (unpaired) electrons. The topological polar surface area (TPSA) is 40.5 Å². The van der Waals surface area contributed by atoms with Gasteiger partial charge in [-0.05, 0) is 20.0 Å². The highest BCUT2D eigenvalue weighted by molar-refractivity contribution is 5.68. The van der Waals surface area contributed by atoms with Crippen LogP contribution in [0.15, 0.2) is 0 Å². The fraction of sp³-hybridized carbons (Fsp3) is 0.875. The molecule has 1 saturated heterocycles. The fourth-order valence-corrected chi connectivity index (χ4v) is 1.81. The summed E-state index contributed by atoms with van der Waals surface area (Å²) in [5.41, 5.74) is -1.32. The molecular weight excluding hydrogens is 180 g/mol. The van der Waals surface area contributed by atoms with Crippen molar-refractivity contribution in [2.45, 2.75) is 19.3 Å². The number of likely N-dealkylation sites (tertiary alicyclic amines) is 1. The molecule has 0 aliphatic carbocycles. The van der Waals surface area contributed by atoms with Gasteiger partial charge in [-0.2, -0.15) is 0 Å². The number of aliphatic carboxylic acids is 1. The Morgan fingerprint density at radius 1 is 1.69 bits per heavy atom. The van der Waals surface area contributed by atoms with Crippen molar-refractivity contribution in [2.24, 2.45) is 5.41 Å². The highest BCUT2D eigenvalue weighted by Crippen LogP contribution is 2.39. The zero-order valence-corrected chi connectivity index (χ0v) is 7.46. The molecule has 0 aromatic heterocycles. The summed E-state index contributed by atoms with van der Waals surface area (Å²) in [6.45, 7) is 0.731. The summed E-state index contributed by atoms with van der Waals surface area (Å²) in [5, 5.41) is 8.52. The van der Waals surface area contributed by atoms with Gasteiger partial charge in [-0.15, -0.1) is 0 Å². The van der Waals surface area contributed by atoms with Crippen LogP contribution in [0.2, 0.25) is 0 Å². The van der Waals surface area contributed by atoms with Gasteiger partial charge in [0.2, 0.25) is 6.43 Å². The summed E-state index contributed by atoms with van der Waals surface area (Å²) in [4.78, 5) is 12.2. The smallest absolute Gasteiger partial charge is 0.304 e. The zero-order valence-electron chi connectivity index (χ0n) is 7.46. The normalized spacial score (nSPS) is 29.8. The maximum absolute atomic E-state index is 12.6. The summed E-state index contributed by atoms with van der Waals surface area (Å²) >= 11 is 0. The molecule has 1 N–H and O–H groups in total. The van der Waals surface area contributed by atoms with Gasteiger partial charge < -0.3 is 10.0 Å². The molecule has 0 saturated carbocycles. The number of carbonyl (C=O) groups is 1. The Morgan fingerprint density at radius 2 is 2.31 bits per heavy atom. The number of hydrogen-bond acceptors (Lipinski definition) is 2. The SMILES string of the molecule is CN1CCC(CC(=O)O)(C(F)F)C1. The molecular formula is C8H13F2NO2. The van der Waals surface area contributed by atoms with Gasteiger partial charge in [-0.25, -0.2) is 8.78 Å². The summed E-state index contributed by atoms with van der Waals surface area (Å²) in [6.07, 6.45) is -2.71. The predicted octanol–water partition coefficient (Wildman–Crippen LogP) is 1.05. The minimum atomic E-state index is -2.55. The van der Waals surface area contributed by atoms with Gasteiger partial charge in [0.15, 0.2) is 0 Å². The lowest BCUT2D eigenvalue weighted by Crippen LogP contribution is -2.34. The van der Waals surface area contributed by atoms with E-state index in [0.717, 1.165) is 0 Å². The van der Waals surface area contributed by atoms with Crippen LogP contribution < -0.4 is 0 Å². The van der Waals surface area contributed by atoms with Crippen molar-refractivity contribution >= 4 is 5.97 Å². The van der Waals surface area contributed by atoms with Gasteiger partial charge in [0.25, 0.3) is 0 Å². The summed E-state index contributed by atoms with van der Waals surface area (Å²) < 4.78 is 25.3. The molecule has 1 unspecified atom stereocenters. The van der Waals surface area contributed by atoms with E-state index in [1.807, 2.05) is 0 Å². The van der Waals surface area contributed by atoms with E-state index in [1.165, 1.54) is 0 Å². The van der Waals surface area contributed by atoms with Gasteiger partial charge in [0.1, 0.15) is 0 Å². The minimum absolute atomic E-state index is 0.178. The molecule has 1 heterocycles. The Hall–Kier alpha value is -0.710. The molecule has 0 amide bonds. The third-order valence-corrected chi connectivity index (χ3v) is 2.54. The van der Waals surface area contributed by atoms with E-state index in [9.17, 15) is 13.6 Å². The molecule has 0 bridgehead atoms. The first-order chi connectivity index (χ1) is 5.96. The standard InChI is InChI=1S/C8H13F2NO2/c1-11-3-2-8(5-11,7(9)10)4-6(12)13/h7H,2-5H2,1H3,(H,12,13). The molecule has 1 rings (SSSR count). The van der Waals surface area contributed by atoms with Crippen LogP contribution >= 0.6 is 0 Å². The van der Waals surface area contributed by atoms with Gasteiger partial charge in [-0.1, -0.05) is 0 Å². The van der Waals surface area contributed by atoms with E-state index in [0.29, 0.717) is 6.54 Å². The molecule has 0 aromatic rings. The number of halogens is 2. The van der Waals surface area contributed by atoms with Crippen LogP contribution in [0.4, 0.5) is 8.78 Å². The number of alkyl halides is 2. The van der Waals surface area contributed by atoms with Crippen LogP contribution in [0.5, 0.6) is 0 Å². The average molecular weight is 193 g/mol. The Bertz CT molecular complexity index is 210. The third kappa shape index (κ3) is 2.15. The fourth-order valence-electron chi connectivity index (χ4n) is 1.81. The van der Waals surface area contributed by atoms with E-state index in [4.69, 9.17) is 5.11 Å². The molecule has 3 nitrogen and oxygen atoms in total. The summed E-state index contributed by atoms with van der Waals surface area (Å²) in [7, 11) is 1.73. The Balaban J connectivity index is 2.71. The van der Waals surface area contributed by atoms with Crippen LogP contribution in [0.1, 0.15) is 12.8 Å². The Kier molecular flexibility index (Phi) is 2.85. The van der Waals surface area contributed by atoms with E-state index < -0.39 is 24.2 Å². The van der Waals surface area contributed by atoms with Gasteiger partial charge in [-0.3, -0.25) is 4.79 Å². The number of carboxylic acid groups (broad SMARTS) is 1. The van der Waals surface area contributed by atoms with Crippen molar-refractivity contribution in [3.8, 4) is 0 Å². The van der Waals surface area contributed by atoms with Crippen molar-refractivity contribution in [2.75, 3.05) is 20.1 Å². The molecule has 1 aliphatic heterocycles. The Morgan fingerprint density at radius 3 is 2.62 bits per heavy atom. The first kappa shape index (κ1) is 10.4. The number of carboxylic acids is 1. The second-order valence-electron chi connectivity index (χ2n) is 3.72. The van der Waals surface area contributed by atoms with Crippen LogP contribution in [0.3, 0.4) is 0 Å². The predicted molar refractivity (Wildman–Crippen MR) is 42.8 cm³/mol. The molecule has 5 heteroatoms.